The molecule has 7 heteroatoms. The Morgan fingerprint density at radius 3 is 2.64 bits per heavy atom. The Kier molecular flexibility index (Phi) is 6.65. The van der Waals surface area contributed by atoms with Crippen molar-refractivity contribution in [1.82, 2.24) is 5.43 Å². The maximum absolute atomic E-state index is 12.8. The van der Waals surface area contributed by atoms with E-state index in [-0.39, 0.29) is 0 Å². The van der Waals surface area contributed by atoms with Crippen LogP contribution in [0.4, 0.5) is 10.1 Å². The third-order valence-corrected chi connectivity index (χ3v) is 3.02. The van der Waals surface area contributed by atoms with Gasteiger partial charge in [-0.15, -0.1) is 0 Å². The fourth-order valence-electron chi connectivity index (χ4n) is 1.95. The first-order chi connectivity index (χ1) is 12.1. The summed E-state index contributed by atoms with van der Waals surface area (Å²) in [6.07, 6.45) is 1.06. The van der Waals surface area contributed by atoms with Gasteiger partial charge in [-0.25, -0.2) is 9.82 Å². The molecule has 0 aliphatic carbocycles. The average Bonchev–Trinajstić information content (AvgIpc) is 2.57. The molecule has 0 aliphatic rings. The third kappa shape index (κ3) is 6.42. The van der Waals surface area contributed by atoms with Crippen molar-refractivity contribution in [3.63, 3.8) is 0 Å². The number of hydrogen-bond donors (Lipinski definition) is 2. The molecule has 0 bridgehead atoms. The van der Waals surface area contributed by atoms with E-state index in [0.29, 0.717) is 18.0 Å². The molecule has 0 heterocycles. The van der Waals surface area contributed by atoms with Crippen molar-refractivity contribution in [3.05, 3.63) is 59.9 Å². The minimum absolute atomic E-state index is 0.395. The highest BCUT2D eigenvalue weighted by Crippen LogP contribution is 2.11. The van der Waals surface area contributed by atoms with Crippen molar-refractivity contribution in [3.8, 4) is 5.75 Å². The number of amides is 2. The summed E-state index contributed by atoms with van der Waals surface area (Å²) in [6, 6.07) is 12.5. The Morgan fingerprint density at radius 2 is 1.92 bits per heavy atom. The molecular formula is C18H18FN3O3. The Balaban J connectivity index is 1.80. The van der Waals surface area contributed by atoms with Crippen molar-refractivity contribution in [2.45, 2.75) is 13.3 Å². The van der Waals surface area contributed by atoms with Crippen LogP contribution < -0.4 is 15.5 Å². The summed E-state index contributed by atoms with van der Waals surface area (Å²) < 4.78 is 18.1. The van der Waals surface area contributed by atoms with Crippen molar-refractivity contribution in [2.24, 2.45) is 5.10 Å². The smallest absolute Gasteiger partial charge is 0.249 e. The summed E-state index contributed by atoms with van der Waals surface area (Å²) >= 11 is 0. The van der Waals surface area contributed by atoms with Gasteiger partial charge in [-0.05, 0) is 48.9 Å². The van der Waals surface area contributed by atoms with Crippen LogP contribution in [0.3, 0.4) is 0 Å². The zero-order valence-corrected chi connectivity index (χ0v) is 13.7. The van der Waals surface area contributed by atoms with E-state index < -0.39 is 24.1 Å². The van der Waals surface area contributed by atoms with Gasteiger partial charge in [0.2, 0.25) is 11.8 Å². The standard InChI is InChI=1S/C18H18FN3O3/c1-2-25-16-5-3-4-13(10-16)12-20-22-18(24)11-17(23)21-15-8-6-14(19)7-9-15/h3-10,12H,2,11H2,1H3,(H,21,23)(H,22,24). The number of hydrogen-bond acceptors (Lipinski definition) is 4. The number of nitrogens with one attached hydrogen (secondary N) is 2. The van der Waals surface area contributed by atoms with E-state index in [1.54, 1.807) is 12.1 Å². The predicted octanol–water partition coefficient (Wildman–Crippen LogP) is 2.70. The summed E-state index contributed by atoms with van der Waals surface area (Å²) in [4.78, 5) is 23.4. The van der Waals surface area contributed by atoms with E-state index in [4.69, 9.17) is 4.74 Å². The van der Waals surface area contributed by atoms with Crippen LogP contribution in [0.25, 0.3) is 0 Å². The molecule has 2 amide bonds. The molecule has 130 valence electrons. The van der Waals surface area contributed by atoms with E-state index in [0.717, 1.165) is 5.56 Å². The van der Waals surface area contributed by atoms with Crippen LogP contribution in [-0.2, 0) is 9.59 Å². The van der Waals surface area contributed by atoms with Gasteiger partial charge in [0.25, 0.3) is 0 Å². The molecule has 0 aromatic heterocycles. The van der Waals surface area contributed by atoms with Crippen molar-refractivity contribution in [2.75, 3.05) is 11.9 Å². The molecule has 6 nitrogen and oxygen atoms in total. The van der Waals surface area contributed by atoms with Crippen LogP contribution in [-0.4, -0.2) is 24.6 Å². The van der Waals surface area contributed by atoms with Gasteiger partial charge in [-0.2, -0.15) is 5.10 Å². The molecule has 0 atom stereocenters. The molecule has 0 radical (unpaired) electrons. The summed E-state index contributed by atoms with van der Waals surface area (Å²) in [5, 5.41) is 6.30. The first-order valence-corrected chi connectivity index (χ1v) is 7.67. The number of hydrazone groups is 1. The first kappa shape index (κ1) is 18.1. The highest BCUT2D eigenvalue weighted by atomic mass is 19.1. The zero-order chi connectivity index (χ0) is 18.1. The Labute approximate surface area is 144 Å². The first-order valence-electron chi connectivity index (χ1n) is 7.67. The van der Waals surface area contributed by atoms with Crippen LogP contribution in [0.5, 0.6) is 5.75 Å². The second-order valence-electron chi connectivity index (χ2n) is 5.03. The van der Waals surface area contributed by atoms with Crippen LogP contribution >= 0.6 is 0 Å². The highest BCUT2D eigenvalue weighted by Gasteiger charge is 2.09. The molecule has 2 N–H and O–H groups in total. The minimum Gasteiger partial charge on any atom is -0.494 e. The van der Waals surface area contributed by atoms with E-state index >= 15 is 0 Å². The lowest BCUT2D eigenvalue weighted by Gasteiger charge is -2.04. The Bertz CT molecular complexity index is 760. The van der Waals surface area contributed by atoms with Crippen molar-refractivity contribution < 1.29 is 18.7 Å². The number of rotatable bonds is 7. The monoisotopic (exact) mass is 343 g/mol. The summed E-state index contributed by atoms with van der Waals surface area (Å²) in [5.41, 5.74) is 3.44. The Hall–Kier alpha value is -3.22. The second-order valence-corrected chi connectivity index (χ2v) is 5.03. The molecular weight excluding hydrogens is 325 g/mol. The normalized spacial score (nSPS) is 10.5. The zero-order valence-electron chi connectivity index (χ0n) is 13.7. The van der Waals surface area contributed by atoms with Crippen LogP contribution in [0.2, 0.25) is 0 Å². The number of ether oxygens (including phenoxy) is 1. The summed E-state index contributed by atoms with van der Waals surface area (Å²) in [6.45, 7) is 2.44. The van der Waals surface area contributed by atoms with Gasteiger partial charge >= 0.3 is 0 Å². The summed E-state index contributed by atoms with van der Waals surface area (Å²) in [5.74, 6) is -0.774. The fourth-order valence-corrected chi connectivity index (χ4v) is 1.95. The quantitative estimate of drug-likeness (QED) is 0.461. The average molecular weight is 343 g/mol. The molecule has 0 saturated heterocycles. The minimum atomic E-state index is -0.558. The van der Waals surface area contributed by atoms with Gasteiger partial charge in [-0.1, -0.05) is 12.1 Å². The van der Waals surface area contributed by atoms with Crippen LogP contribution in [0.15, 0.2) is 53.6 Å². The second kappa shape index (κ2) is 9.17. The van der Waals surface area contributed by atoms with Gasteiger partial charge in [-0.3, -0.25) is 9.59 Å². The topological polar surface area (TPSA) is 79.8 Å². The van der Waals surface area contributed by atoms with Crippen LogP contribution in [0.1, 0.15) is 18.9 Å². The molecule has 0 unspecified atom stereocenters. The molecule has 0 saturated carbocycles. The van der Waals surface area contributed by atoms with E-state index in [1.807, 2.05) is 19.1 Å². The van der Waals surface area contributed by atoms with Gasteiger partial charge in [0.15, 0.2) is 0 Å². The largest absolute Gasteiger partial charge is 0.494 e. The summed E-state index contributed by atoms with van der Waals surface area (Å²) in [7, 11) is 0. The lowest BCUT2D eigenvalue weighted by molar-refractivity contribution is -0.126. The maximum atomic E-state index is 12.8. The van der Waals surface area contributed by atoms with Crippen LogP contribution in [0, 0.1) is 5.82 Å². The number of anilines is 1. The number of nitrogens with zero attached hydrogens (tertiary/aromatic N) is 1. The molecule has 2 rings (SSSR count). The number of benzene rings is 2. The van der Waals surface area contributed by atoms with Crippen molar-refractivity contribution >= 4 is 23.7 Å². The van der Waals surface area contributed by atoms with Gasteiger partial charge in [0.05, 0.1) is 12.8 Å². The molecule has 2 aromatic rings. The number of halogens is 1. The lowest BCUT2D eigenvalue weighted by Crippen LogP contribution is -2.24. The van der Waals surface area contributed by atoms with E-state index in [1.165, 1.54) is 30.5 Å². The fraction of sp³-hybridized carbons (Fsp3) is 0.167. The van der Waals surface area contributed by atoms with E-state index in [9.17, 15) is 14.0 Å². The maximum Gasteiger partial charge on any atom is 0.249 e. The van der Waals surface area contributed by atoms with E-state index in [2.05, 4.69) is 15.8 Å². The lowest BCUT2D eigenvalue weighted by atomic mass is 10.2. The molecule has 2 aromatic carbocycles. The van der Waals surface area contributed by atoms with Gasteiger partial charge in [0, 0.05) is 5.69 Å². The SMILES string of the molecule is CCOc1cccc(C=NNC(=O)CC(=O)Nc2ccc(F)cc2)c1. The molecule has 25 heavy (non-hydrogen) atoms. The van der Waals surface area contributed by atoms with Crippen molar-refractivity contribution in [1.29, 1.82) is 0 Å². The Morgan fingerprint density at radius 1 is 1.16 bits per heavy atom. The molecule has 0 aliphatic heterocycles. The third-order valence-electron chi connectivity index (χ3n) is 3.02. The molecule has 0 fully saturated rings. The molecule has 0 spiro atoms. The van der Waals surface area contributed by atoms with Gasteiger partial charge in [0.1, 0.15) is 18.0 Å². The highest BCUT2D eigenvalue weighted by molar-refractivity contribution is 6.03. The number of carbonyl (C=O) groups is 2. The van der Waals surface area contributed by atoms with Gasteiger partial charge < -0.3 is 10.1 Å². The number of carbonyl (C=O) groups excluding carboxylic acids is 2. The predicted molar refractivity (Wildman–Crippen MR) is 93.0 cm³/mol.